The Morgan fingerprint density at radius 3 is 1.85 bits per heavy atom. The molecule has 26 heavy (non-hydrogen) atoms. The highest BCUT2D eigenvalue weighted by Crippen LogP contribution is 2.60. The maximum absolute atomic E-state index is 12.9. The van der Waals surface area contributed by atoms with Crippen LogP contribution in [0.3, 0.4) is 0 Å². The first kappa shape index (κ1) is 18.6. The lowest BCUT2D eigenvalue weighted by molar-refractivity contribution is 0.0517. The summed E-state index contributed by atoms with van der Waals surface area (Å²) in [6, 6.07) is 6.50. The molecule has 0 atom stereocenters. The topological polar surface area (TPSA) is 52.6 Å². The molecule has 3 rings (SSSR count). The number of ether oxygens (including phenoxy) is 1. The summed E-state index contributed by atoms with van der Waals surface area (Å²) >= 11 is 5.90. The van der Waals surface area contributed by atoms with Gasteiger partial charge in [-0.25, -0.2) is 9.59 Å². The number of hydrogen-bond acceptors (Lipinski definition) is 5. The number of esters is 1. The summed E-state index contributed by atoms with van der Waals surface area (Å²) in [5, 5.41) is 0. The maximum atomic E-state index is 12.9. The molecule has 0 bridgehead atoms. The van der Waals surface area contributed by atoms with Crippen molar-refractivity contribution in [3.05, 3.63) is 84.0 Å². The van der Waals surface area contributed by atoms with Crippen molar-refractivity contribution in [2.75, 3.05) is 6.61 Å². The fourth-order valence-electron chi connectivity index (χ4n) is 2.87. The van der Waals surface area contributed by atoms with Gasteiger partial charge in [-0.1, -0.05) is 72.5 Å². The second kappa shape index (κ2) is 7.98. The van der Waals surface area contributed by atoms with Crippen LogP contribution < -0.4 is 0 Å². The van der Waals surface area contributed by atoms with E-state index < -0.39 is 18.2 Å². The molecule has 0 spiro atoms. The summed E-state index contributed by atoms with van der Waals surface area (Å²) in [4.78, 5) is 25.1. The highest BCUT2D eigenvalue weighted by Gasteiger charge is 2.37. The van der Waals surface area contributed by atoms with E-state index in [1.807, 2.05) is 48.6 Å². The molecule has 0 aromatic heterocycles. The monoisotopic (exact) mass is 386 g/mol. The van der Waals surface area contributed by atoms with E-state index in [9.17, 15) is 9.59 Å². The van der Waals surface area contributed by atoms with E-state index in [0.717, 1.165) is 0 Å². The van der Waals surface area contributed by atoms with E-state index in [4.69, 9.17) is 21.1 Å². The normalized spacial score (nSPS) is 16.3. The Labute approximate surface area is 158 Å². The third-order valence-corrected chi connectivity index (χ3v) is 8.64. The molecule has 2 aliphatic rings. The third-order valence-electron chi connectivity index (χ3n) is 4.15. The van der Waals surface area contributed by atoms with Gasteiger partial charge in [0.2, 0.25) is 0 Å². The highest BCUT2D eigenvalue weighted by atomic mass is 32.4. The Morgan fingerprint density at radius 2 is 1.38 bits per heavy atom. The average molecular weight is 386 g/mol. The van der Waals surface area contributed by atoms with E-state index in [1.54, 1.807) is 31.2 Å². The third kappa shape index (κ3) is 3.64. The summed E-state index contributed by atoms with van der Waals surface area (Å²) < 4.78 is 11.0. The van der Waals surface area contributed by atoms with Gasteiger partial charge in [0.25, 0.3) is 0 Å². The zero-order valence-electron chi connectivity index (χ0n) is 14.3. The van der Waals surface area contributed by atoms with Crippen LogP contribution in [0.5, 0.6) is 0 Å². The lowest BCUT2D eigenvalue weighted by atomic mass is 10.1. The van der Waals surface area contributed by atoms with Gasteiger partial charge in [0, 0.05) is 0 Å². The van der Waals surface area contributed by atoms with E-state index in [2.05, 4.69) is 0 Å². The quantitative estimate of drug-likeness (QED) is 0.536. The predicted molar refractivity (Wildman–Crippen MR) is 106 cm³/mol. The molecule has 0 radical (unpaired) electrons. The van der Waals surface area contributed by atoms with Gasteiger partial charge in [-0.15, -0.1) is 0 Å². The first-order valence-electron chi connectivity index (χ1n) is 8.35. The van der Waals surface area contributed by atoms with Gasteiger partial charge in [0.15, 0.2) is 0 Å². The molecule has 0 heterocycles. The Kier molecular flexibility index (Phi) is 5.70. The smallest absolute Gasteiger partial charge is 0.342 e. The van der Waals surface area contributed by atoms with Crippen LogP contribution in [-0.2, 0) is 21.1 Å². The fourth-order valence-corrected chi connectivity index (χ4v) is 6.27. The van der Waals surface area contributed by atoms with Crippen LogP contribution in [-0.4, -0.2) is 29.9 Å². The van der Waals surface area contributed by atoms with Crippen LogP contribution >= 0.6 is 6.26 Å². The molecule has 4 nitrogen and oxygen atoms in total. The molecule has 0 aliphatic heterocycles. The van der Waals surface area contributed by atoms with Crippen LogP contribution in [0, 0.1) is 0 Å². The van der Waals surface area contributed by atoms with E-state index >= 15 is 0 Å². The van der Waals surface area contributed by atoms with Crippen molar-refractivity contribution in [1.29, 1.82) is 0 Å². The van der Waals surface area contributed by atoms with Crippen molar-refractivity contribution in [2.24, 2.45) is 0 Å². The van der Waals surface area contributed by atoms with Gasteiger partial charge in [-0.3, -0.25) is 0 Å². The van der Waals surface area contributed by atoms with E-state index in [0.29, 0.717) is 0 Å². The van der Waals surface area contributed by atoms with Crippen LogP contribution in [0.2, 0.25) is 0 Å². The van der Waals surface area contributed by atoms with Crippen LogP contribution in [0.25, 0.3) is 0 Å². The lowest BCUT2D eigenvalue weighted by Crippen LogP contribution is -2.19. The SMILES string of the molecule is CCOC(=O)c1ccccc1C(=O)OP(=S)(C1C=CC=C1)C1C=CC=C1. The molecule has 0 unspecified atom stereocenters. The molecule has 1 aromatic rings. The molecule has 0 N–H and O–H groups in total. The van der Waals surface area contributed by atoms with Gasteiger partial charge in [0.05, 0.1) is 29.1 Å². The van der Waals surface area contributed by atoms with Crippen LogP contribution in [0.15, 0.2) is 72.9 Å². The lowest BCUT2D eigenvalue weighted by Gasteiger charge is -2.30. The first-order chi connectivity index (χ1) is 12.6. The molecule has 0 amide bonds. The Morgan fingerprint density at radius 1 is 0.923 bits per heavy atom. The molecular formula is C20H19O4PS. The molecule has 0 saturated heterocycles. The Balaban J connectivity index is 1.92. The van der Waals surface area contributed by atoms with Gasteiger partial charge < -0.3 is 9.26 Å². The van der Waals surface area contributed by atoms with Crippen molar-refractivity contribution in [2.45, 2.75) is 18.2 Å². The Bertz CT molecular complexity index is 826. The molecular weight excluding hydrogens is 367 g/mol. The van der Waals surface area contributed by atoms with Crippen molar-refractivity contribution in [1.82, 2.24) is 0 Å². The number of allylic oxidation sites excluding steroid dienone is 8. The second-order valence-electron chi connectivity index (χ2n) is 5.81. The van der Waals surface area contributed by atoms with Crippen molar-refractivity contribution < 1.29 is 18.8 Å². The molecule has 0 saturated carbocycles. The number of benzene rings is 1. The summed E-state index contributed by atoms with van der Waals surface area (Å²) in [6.45, 7) is 1.95. The van der Waals surface area contributed by atoms with Crippen molar-refractivity contribution in [3.63, 3.8) is 0 Å². The molecule has 1 aromatic carbocycles. The van der Waals surface area contributed by atoms with Gasteiger partial charge in [0.1, 0.15) is 6.26 Å². The summed E-state index contributed by atoms with van der Waals surface area (Å²) in [5.74, 6) is -1.13. The number of carbonyl (C=O) groups excluding carboxylic acids is 2. The first-order valence-corrected chi connectivity index (χ1v) is 11.2. The fraction of sp³-hybridized carbons (Fsp3) is 0.200. The largest absolute Gasteiger partial charge is 0.462 e. The van der Waals surface area contributed by atoms with Gasteiger partial charge in [-0.2, -0.15) is 0 Å². The second-order valence-corrected chi connectivity index (χ2v) is 10.2. The zero-order chi connectivity index (χ0) is 18.6. The van der Waals surface area contributed by atoms with E-state index in [1.165, 1.54) is 0 Å². The maximum Gasteiger partial charge on any atom is 0.342 e. The Hall–Kier alpha value is -2.23. The van der Waals surface area contributed by atoms with Gasteiger partial charge in [-0.05, 0) is 19.1 Å². The zero-order valence-corrected chi connectivity index (χ0v) is 16.0. The molecule has 6 heteroatoms. The minimum atomic E-state index is -2.62. The van der Waals surface area contributed by atoms with E-state index in [-0.39, 0.29) is 29.1 Å². The molecule has 0 fully saturated rings. The van der Waals surface area contributed by atoms with Crippen LogP contribution in [0.4, 0.5) is 0 Å². The van der Waals surface area contributed by atoms with Crippen molar-refractivity contribution in [3.8, 4) is 0 Å². The summed E-state index contributed by atoms with van der Waals surface area (Å²) in [5.41, 5.74) is 0.134. The predicted octanol–water partition coefficient (Wildman–Crippen LogP) is 4.40. The minimum absolute atomic E-state index is 0.117. The van der Waals surface area contributed by atoms with Gasteiger partial charge >= 0.3 is 11.9 Å². The minimum Gasteiger partial charge on any atom is -0.462 e. The molecule has 134 valence electrons. The number of carbonyl (C=O) groups is 2. The van der Waals surface area contributed by atoms with Crippen molar-refractivity contribution >= 4 is 30.0 Å². The van der Waals surface area contributed by atoms with Crippen LogP contribution in [0.1, 0.15) is 27.6 Å². The highest BCUT2D eigenvalue weighted by molar-refractivity contribution is 8.13. The average Bonchev–Trinajstić information content (AvgIpc) is 3.35. The standard InChI is InChI=1S/C20H19O4PS/c1-2-23-19(21)17-13-7-8-14-18(17)20(22)24-25(26,15-9-3-4-10-15)16-11-5-6-12-16/h3-16H,2H2,1H3. The molecule has 2 aliphatic carbocycles. The summed E-state index contributed by atoms with van der Waals surface area (Å²) in [7, 11) is 0. The summed E-state index contributed by atoms with van der Waals surface area (Å²) in [6.07, 6.45) is 12.9. The number of rotatable bonds is 6. The number of hydrogen-bond donors (Lipinski definition) is 0.